The maximum atomic E-state index is 13.1. The van der Waals surface area contributed by atoms with E-state index in [2.05, 4.69) is 23.9 Å². The summed E-state index contributed by atoms with van der Waals surface area (Å²) < 4.78 is 32.8. The third kappa shape index (κ3) is 6.17. The Labute approximate surface area is 180 Å². The van der Waals surface area contributed by atoms with Crippen molar-refractivity contribution in [2.75, 3.05) is 19.4 Å². The van der Waals surface area contributed by atoms with Crippen molar-refractivity contribution in [1.82, 2.24) is 14.9 Å². The second kappa shape index (κ2) is 9.96. The highest BCUT2D eigenvalue weighted by Crippen LogP contribution is 2.32. The summed E-state index contributed by atoms with van der Waals surface area (Å²) in [7, 11) is -3.41. The molecule has 0 bridgehead atoms. The molecule has 0 aromatic heterocycles. The van der Waals surface area contributed by atoms with E-state index in [1.807, 2.05) is 0 Å². The van der Waals surface area contributed by atoms with Crippen LogP contribution in [-0.4, -0.2) is 68.8 Å². The first-order valence-electron chi connectivity index (χ1n) is 11.3. The van der Waals surface area contributed by atoms with Crippen LogP contribution in [0.3, 0.4) is 0 Å². The number of nitrogens with zero attached hydrogens (tertiary/aromatic N) is 1. The summed E-state index contributed by atoms with van der Waals surface area (Å²) in [5.74, 6) is 1.19. The molecule has 0 spiro atoms. The summed E-state index contributed by atoms with van der Waals surface area (Å²) in [5, 5.41) is 2.75. The molecule has 1 saturated carbocycles. The molecule has 2 N–H and O–H groups in total. The third-order valence-electron chi connectivity index (χ3n) is 6.89. The van der Waals surface area contributed by atoms with Gasteiger partial charge in [-0.2, -0.15) is 0 Å². The topological polar surface area (TPSA) is 105 Å². The van der Waals surface area contributed by atoms with Crippen LogP contribution < -0.4 is 10.0 Å². The first-order valence-corrected chi connectivity index (χ1v) is 13.2. The molecule has 1 aliphatic carbocycles. The average molecular weight is 444 g/mol. The fraction of sp³-hybridized carbons (Fsp3) is 0.905. The van der Waals surface area contributed by atoms with Gasteiger partial charge < -0.3 is 15.0 Å². The Morgan fingerprint density at radius 2 is 1.90 bits per heavy atom. The molecule has 172 valence electrons. The first-order chi connectivity index (χ1) is 14.1. The van der Waals surface area contributed by atoms with Gasteiger partial charge in [-0.1, -0.05) is 13.8 Å². The predicted molar refractivity (Wildman–Crippen MR) is 114 cm³/mol. The Morgan fingerprint density at radius 1 is 1.20 bits per heavy atom. The van der Waals surface area contributed by atoms with Crippen molar-refractivity contribution in [3.63, 3.8) is 0 Å². The van der Waals surface area contributed by atoms with Crippen LogP contribution >= 0.6 is 0 Å². The molecular weight excluding hydrogens is 406 g/mol. The third-order valence-corrected chi connectivity index (χ3v) is 7.62. The van der Waals surface area contributed by atoms with Gasteiger partial charge >= 0.3 is 0 Å². The number of hydrogen-bond acceptors (Lipinski definition) is 5. The zero-order chi connectivity index (χ0) is 21.9. The van der Waals surface area contributed by atoms with Gasteiger partial charge in [0, 0.05) is 19.0 Å². The van der Waals surface area contributed by atoms with E-state index < -0.39 is 16.1 Å². The number of hydrogen-bond donors (Lipinski definition) is 2. The van der Waals surface area contributed by atoms with Gasteiger partial charge in [-0.25, -0.2) is 13.1 Å². The number of piperidine rings is 1. The molecule has 0 unspecified atom stereocenters. The molecule has 3 rings (SSSR count). The minimum Gasteiger partial charge on any atom is -0.376 e. The van der Waals surface area contributed by atoms with Crippen LogP contribution in [0.5, 0.6) is 0 Å². The smallest absolute Gasteiger partial charge is 0.245 e. The molecule has 2 amide bonds. The number of rotatable bonds is 7. The summed E-state index contributed by atoms with van der Waals surface area (Å²) in [6.45, 7) is 5.40. The molecule has 2 aliphatic heterocycles. The van der Waals surface area contributed by atoms with Crippen LogP contribution in [0.1, 0.15) is 65.2 Å². The van der Waals surface area contributed by atoms with Gasteiger partial charge in [0.05, 0.1) is 25.0 Å². The van der Waals surface area contributed by atoms with Gasteiger partial charge in [0.1, 0.15) is 6.04 Å². The highest BCUT2D eigenvalue weighted by atomic mass is 32.2. The quantitative estimate of drug-likeness (QED) is 0.619. The lowest BCUT2D eigenvalue weighted by molar-refractivity contribution is -0.141. The molecule has 9 heteroatoms. The Kier molecular flexibility index (Phi) is 7.79. The number of nitrogens with one attached hydrogen (secondary N) is 2. The van der Waals surface area contributed by atoms with E-state index in [1.54, 1.807) is 4.90 Å². The van der Waals surface area contributed by atoms with Crippen molar-refractivity contribution < 1.29 is 22.7 Å². The summed E-state index contributed by atoms with van der Waals surface area (Å²) in [6, 6.07) is -1.25. The minimum atomic E-state index is -3.41. The molecule has 3 atom stereocenters. The van der Waals surface area contributed by atoms with Gasteiger partial charge in [-0.3, -0.25) is 9.59 Å². The molecular formula is C21H37N3O5S. The summed E-state index contributed by atoms with van der Waals surface area (Å²) in [4.78, 5) is 26.4. The zero-order valence-electron chi connectivity index (χ0n) is 18.4. The number of carbonyl (C=O) groups excluding carboxylic acids is 2. The average Bonchev–Trinajstić information content (AvgIpc) is 3.11. The number of sulfonamides is 1. The Balaban J connectivity index is 1.66. The minimum absolute atomic E-state index is 0.106. The molecule has 8 nitrogen and oxygen atoms in total. The van der Waals surface area contributed by atoms with Crippen LogP contribution in [0.4, 0.5) is 0 Å². The van der Waals surface area contributed by atoms with Gasteiger partial charge in [0.25, 0.3) is 0 Å². The zero-order valence-corrected chi connectivity index (χ0v) is 19.2. The van der Waals surface area contributed by atoms with E-state index in [0.717, 1.165) is 44.3 Å². The van der Waals surface area contributed by atoms with Crippen molar-refractivity contribution in [2.24, 2.45) is 11.8 Å². The molecule has 3 fully saturated rings. The normalized spacial score (nSPS) is 33.0. The van der Waals surface area contributed by atoms with E-state index in [0.29, 0.717) is 38.3 Å². The number of amides is 2. The Hall–Kier alpha value is -1.19. The Morgan fingerprint density at radius 3 is 2.47 bits per heavy atom. The SMILES string of the molecule is CC(C)C1CCC(OC[C@H]2[C@@H](NS(C)(=O)=O)CCCN2C(=O)[C@@H]2CCC(=O)N2)CC1. The van der Waals surface area contributed by atoms with Crippen LogP contribution in [0.25, 0.3) is 0 Å². The highest BCUT2D eigenvalue weighted by Gasteiger charge is 2.40. The monoisotopic (exact) mass is 443 g/mol. The van der Waals surface area contributed by atoms with E-state index in [9.17, 15) is 18.0 Å². The van der Waals surface area contributed by atoms with Crippen molar-refractivity contribution in [3.05, 3.63) is 0 Å². The molecule has 0 aromatic carbocycles. The maximum Gasteiger partial charge on any atom is 0.245 e. The van der Waals surface area contributed by atoms with Crippen LogP contribution in [-0.2, 0) is 24.3 Å². The molecule has 0 radical (unpaired) electrons. The van der Waals surface area contributed by atoms with Crippen molar-refractivity contribution in [1.29, 1.82) is 0 Å². The van der Waals surface area contributed by atoms with Gasteiger partial charge in [-0.15, -0.1) is 0 Å². The van der Waals surface area contributed by atoms with Crippen LogP contribution in [0.2, 0.25) is 0 Å². The fourth-order valence-electron chi connectivity index (χ4n) is 5.11. The Bertz CT molecular complexity index is 718. The standard InChI is InChI=1S/C21H37N3O5S/c1-14(2)15-6-8-16(9-7-15)29-13-19-17(23-30(3,27)28)5-4-12-24(19)21(26)18-10-11-20(25)22-18/h14-19,23H,4-13H2,1-3H3,(H,22,25)/t15?,16?,17-,18-,19-/m0/s1. The van der Waals surface area contributed by atoms with Gasteiger partial charge in [-0.05, 0) is 56.8 Å². The molecule has 2 saturated heterocycles. The second-order valence-electron chi connectivity index (χ2n) is 9.51. The van der Waals surface area contributed by atoms with Crippen LogP contribution in [0.15, 0.2) is 0 Å². The molecule has 2 heterocycles. The second-order valence-corrected chi connectivity index (χ2v) is 11.3. The summed E-state index contributed by atoms with van der Waals surface area (Å²) in [6.07, 6.45) is 7.85. The van der Waals surface area contributed by atoms with E-state index in [-0.39, 0.29) is 30.0 Å². The van der Waals surface area contributed by atoms with E-state index in [1.165, 1.54) is 0 Å². The predicted octanol–water partition coefficient (Wildman–Crippen LogP) is 1.41. The molecule has 0 aromatic rings. The molecule has 30 heavy (non-hydrogen) atoms. The highest BCUT2D eigenvalue weighted by molar-refractivity contribution is 7.88. The van der Waals surface area contributed by atoms with E-state index >= 15 is 0 Å². The number of likely N-dealkylation sites (tertiary alicyclic amines) is 1. The number of ether oxygens (including phenoxy) is 1. The van der Waals surface area contributed by atoms with Crippen molar-refractivity contribution >= 4 is 21.8 Å². The van der Waals surface area contributed by atoms with Gasteiger partial charge in [0.2, 0.25) is 21.8 Å². The lowest BCUT2D eigenvalue weighted by atomic mass is 9.80. The fourth-order valence-corrected chi connectivity index (χ4v) is 5.93. The molecule has 3 aliphatic rings. The van der Waals surface area contributed by atoms with E-state index in [4.69, 9.17) is 4.74 Å². The summed E-state index contributed by atoms with van der Waals surface area (Å²) in [5.41, 5.74) is 0. The lowest BCUT2D eigenvalue weighted by Gasteiger charge is -2.43. The lowest BCUT2D eigenvalue weighted by Crippen LogP contribution is -2.61. The van der Waals surface area contributed by atoms with Crippen LogP contribution in [0, 0.1) is 11.8 Å². The first kappa shape index (κ1) is 23.5. The van der Waals surface area contributed by atoms with Crippen molar-refractivity contribution in [2.45, 2.75) is 89.4 Å². The number of carbonyl (C=O) groups is 2. The largest absolute Gasteiger partial charge is 0.376 e. The van der Waals surface area contributed by atoms with Gasteiger partial charge in [0.15, 0.2) is 0 Å². The maximum absolute atomic E-state index is 13.1. The van der Waals surface area contributed by atoms with Crippen molar-refractivity contribution in [3.8, 4) is 0 Å². The summed E-state index contributed by atoms with van der Waals surface area (Å²) >= 11 is 0.